The third-order valence-corrected chi connectivity index (χ3v) is 3.84. The van der Waals surface area contributed by atoms with Gasteiger partial charge in [0.2, 0.25) is 0 Å². The minimum atomic E-state index is 0.735. The maximum atomic E-state index is 6.17. The molecule has 0 aliphatic heterocycles. The number of nitrogens with zero attached hydrogens (tertiary/aromatic N) is 3. The van der Waals surface area contributed by atoms with Crippen LogP contribution in [0.3, 0.4) is 0 Å². The Morgan fingerprint density at radius 2 is 2.10 bits per heavy atom. The van der Waals surface area contributed by atoms with E-state index in [1.807, 2.05) is 25.4 Å². The molecule has 0 atom stereocenters. The van der Waals surface area contributed by atoms with E-state index in [-0.39, 0.29) is 0 Å². The number of fused-ring (bicyclic) bond motifs is 1. The molecule has 2 aromatic heterocycles. The number of H-pyrrole nitrogens is 1. The molecular formula is C16H17ClN4. The highest BCUT2D eigenvalue weighted by Gasteiger charge is 2.09. The summed E-state index contributed by atoms with van der Waals surface area (Å²) in [5, 5.41) is 0.748. The van der Waals surface area contributed by atoms with Crippen LogP contribution < -0.4 is 0 Å². The number of pyridine rings is 1. The summed E-state index contributed by atoms with van der Waals surface area (Å²) in [6, 6.07) is 7.98. The summed E-state index contributed by atoms with van der Waals surface area (Å²) in [6.45, 7) is 3.55. The summed E-state index contributed by atoms with van der Waals surface area (Å²) in [6.07, 6.45) is 3.51. The van der Waals surface area contributed by atoms with Crippen LogP contribution in [0.25, 0.3) is 11.0 Å². The Morgan fingerprint density at radius 1 is 1.24 bits per heavy atom. The molecular weight excluding hydrogens is 284 g/mol. The number of benzene rings is 1. The van der Waals surface area contributed by atoms with E-state index in [2.05, 4.69) is 38.9 Å². The van der Waals surface area contributed by atoms with Crippen molar-refractivity contribution in [3.05, 3.63) is 58.6 Å². The van der Waals surface area contributed by atoms with Crippen molar-refractivity contribution < 1.29 is 0 Å². The van der Waals surface area contributed by atoms with Crippen LogP contribution in [0.4, 0.5) is 0 Å². The van der Waals surface area contributed by atoms with Crippen molar-refractivity contribution in [2.75, 3.05) is 7.05 Å². The second kappa shape index (κ2) is 5.84. The quantitative estimate of drug-likeness (QED) is 0.801. The smallest absolute Gasteiger partial charge is 0.121 e. The zero-order chi connectivity index (χ0) is 14.8. The molecule has 0 aliphatic carbocycles. The molecule has 0 aliphatic rings. The van der Waals surface area contributed by atoms with Crippen LogP contribution in [0.15, 0.2) is 36.7 Å². The summed E-state index contributed by atoms with van der Waals surface area (Å²) in [5.41, 5.74) is 4.33. The minimum Gasteiger partial charge on any atom is -0.341 e. The number of aromatic amines is 1. The predicted octanol–water partition coefficient (Wildman–Crippen LogP) is 3.55. The topological polar surface area (TPSA) is 44.8 Å². The Kier molecular flexibility index (Phi) is 3.90. The van der Waals surface area contributed by atoms with E-state index in [9.17, 15) is 0 Å². The van der Waals surface area contributed by atoms with E-state index in [0.29, 0.717) is 0 Å². The zero-order valence-corrected chi connectivity index (χ0v) is 12.9. The van der Waals surface area contributed by atoms with Crippen LogP contribution >= 0.6 is 11.6 Å². The first-order valence-corrected chi connectivity index (χ1v) is 7.22. The lowest BCUT2D eigenvalue weighted by atomic mass is 10.2. The lowest BCUT2D eigenvalue weighted by Gasteiger charge is -2.15. The normalized spacial score (nSPS) is 11.4. The fourth-order valence-corrected chi connectivity index (χ4v) is 2.60. The first kappa shape index (κ1) is 14.0. The predicted molar refractivity (Wildman–Crippen MR) is 85.2 cm³/mol. The Balaban J connectivity index is 1.76. The molecule has 1 aromatic carbocycles. The number of imidazole rings is 1. The van der Waals surface area contributed by atoms with Gasteiger partial charge in [0.15, 0.2) is 0 Å². The third kappa shape index (κ3) is 3.06. The number of halogens is 1. The zero-order valence-electron chi connectivity index (χ0n) is 12.1. The lowest BCUT2D eigenvalue weighted by molar-refractivity contribution is 0.311. The molecule has 0 saturated carbocycles. The van der Waals surface area contributed by atoms with Gasteiger partial charge >= 0.3 is 0 Å². The summed E-state index contributed by atoms with van der Waals surface area (Å²) in [5.74, 6) is 0.960. The van der Waals surface area contributed by atoms with Gasteiger partial charge in [0.1, 0.15) is 5.82 Å². The Hall–Kier alpha value is -1.91. The SMILES string of the molecule is Cc1cccc2[nH]c(CN(C)Cc3cnccc3Cl)nc12. The number of hydrogen-bond donors (Lipinski definition) is 1. The van der Waals surface area contributed by atoms with Crippen LogP contribution in [0, 0.1) is 6.92 Å². The molecule has 3 rings (SSSR count). The van der Waals surface area contributed by atoms with Crippen LogP contribution in [-0.4, -0.2) is 26.9 Å². The molecule has 3 aromatic rings. The highest BCUT2D eigenvalue weighted by molar-refractivity contribution is 6.31. The van der Waals surface area contributed by atoms with Crippen LogP contribution in [-0.2, 0) is 13.1 Å². The lowest BCUT2D eigenvalue weighted by Crippen LogP contribution is -2.18. The fourth-order valence-electron chi connectivity index (χ4n) is 2.43. The molecule has 21 heavy (non-hydrogen) atoms. The molecule has 5 heteroatoms. The van der Waals surface area contributed by atoms with E-state index >= 15 is 0 Å². The van der Waals surface area contributed by atoms with E-state index < -0.39 is 0 Å². The van der Waals surface area contributed by atoms with E-state index in [1.165, 1.54) is 5.56 Å². The molecule has 0 unspecified atom stereocenters. The van der Waals surface area contributed by atoms with Gasteiger partial charge < -0.3 is 4.98 Å². The van der Waals surface area contributed by atoms with Crippen molar-refractivity contribution in [3.8, 4) is 0 Å². The van der Waals surface area contributed by atoms with Gasteiger partial charge in [0.25, 0.3) is 0 Å². The van der Waals surface area contributed by atoms with Gasteiger partial charge in [-0.2, -0.15) is 0 Å². The highest BCUT2D eigenvalue weighted by Crippen LogP contribution is 2.18. The highest BCUT2D eigenvalue weighted by atomic mass is 35.5. The first-order valence-electron chi connectivity index (χ1n) is 6.84. The number of nitrogens with one attached hydrogen (secondary N) is 1. The summed E-state index contributed by atoms with van der Waals surface area (Å²) in [4.78, 5) is 14.3. The molecule has 0 fully saturated rings. The molecule has 0 bridgehead atoms. The van der Waals surface area contributed by atoms with E-state index in [1.54, 1.807) is 6.20 Å². The Morgan fingerprint density at radius 3 is 2.86 bits per heavy atom. The van der Waals surface area contributed by atoms with Crippen molar-refractivity contribution in [2.45, 2.75) is 20.0 Å². The Bertz CT molecular complexity index is 766. The van der Waals surface area contributed by atoms with Crippen molar-refractivity contribution >= 4 is 22.6 Å². The molecule has 0 radical (unpaired) electrons. The van der Waals surface area contributed by atoms with Gasteiger partial charge in [0.05, 0.1) is 17.6 Å². The first-order chi connectivity index (χ1) is 10.1. The average Bonchev–Trinajstić information content (AvgIpc) is 2.85. The number of hydrogen-bond acceptors (Lipinski definition) is 3. The minimum absolute atomic E-state index is 0.735. The molecule has 1 N–H and O–H groups in total. The number of aromatic nitrogens is 3. The molecule has 0 saturated heterocycles. The van der Waals surface area contributed by atoms with Crippen LogP contribution in [0.1, 0.15) is 17.0 Å². The van der Waals surface area contributed by atoms with Crippen molar-refractivity contribution in [3.63, 3.8) is 0 Å². The molecule has 0 amide bonds. The third-order valence-electron chi connectivity index (χ3n) is 3.47. The van der Waals surface area contributed by atoms with E-state index in [4.69, 9.17) is 11.6 Å². The standard InChI is InChI=1S/C16H17ClN4/c1-11-4-3-5-14-16(11)20-15(19-14)10-21(2)9-12-8-18-7-6-13(12)17/h3-8H,9-10H2,1-2H3,(H,19,20). The summed E-state index contributed by atoms with van der Waals surface area (Å²) < 4.78 is 0. The molecule has 4 nitrogen and oxygen atoms in total. The van der Waals surface area contributed by atoms with Crippen molar-refractivity contribution in [1.82, 2.24) is 19.9 Å². The van der Waals surface area contributed by atoms with Gasteiger partial charge in [0, 0.05) is 29.5 Å². The average molecular weight is 301 g/mol. The van der Waals surface area contributed by atoms with Gasteiger partial charge in [-0.15, -0.1) is 0 Å². The van der Waals surface area contributed by atoms with Gasteiger partial charge in [-0.25, -0.2) is 4.98 Å². The second-order valence-electron chi connectivity index (χ2n) is 5.29. The molecule has 0 spiro atoms. The fraction of sp³-hybridized carbons (Fsp3) is 0.250. The van der Waals surface area contributed by atoms with Gasteiger partial charge in [-0.05, 0) is 31.7 Å². The largest absolute Gasteiger partial charge is 0.341 e. The Labute approximate surface area is 128 Å². The maximum Gasteiger partial charge on any atom is 0.121 e. The van der Waals surface area contributed by atoms with Gasteiger partial charge in [-0.3, -0.25) is 9.88 Å². The molecule has 108 valence electrons. The van der Waals surface area contributed by atoms with Crippen LogP contribution in [0.2, 0.25) is 5.02 Å². The summed E-state index contributed by atoms with van der Waals surface area (Å²) >= 11 is 6.17. The van der Waals surface area contributed by atoms with Gasteiger partial charge in [-0.1, -0.05) is 23.7 Å². The van der Waals surface area contributed by atoms with Crippen LogP contribution in [0.5, 0.6) is 0 Å². The monoisotopic (exact) mass is 300 g/mol. The van der Waals surface area contributed by atoms with Crippen molar-refractivity contribution in [2.24, 2.45) is 0 Å². The van der Waals surface area contributed by atoms with Crippen molar-refractivity contribution in [1.29, 1.82) is 0 Å². The number of aryl methyl sites for hydroxylation is 1. The number of para-hydroxylation sites is 1. The summed E-state index contributed by atoms with van der Waals surface area (Å²) in [7, 11) is 2.05. The molecule has 2 heterocycles. The maximum absolute atomic E-state index is 6.17. The number of rotatable bonds is 4. The van der Waals surface area contributed by atoms with E-state index in [0.717, 1.165) is 40.5 Å². The second-order valence-corrected chi connectivity index (χ2v) is 5.70.